The Bertz CT molecular complexity index is 865. The molecule has 0 aliphatic carbocycles. The highest BCUT2D eigenvalue weighted by atomic mass is 16.1. The average molecular weight is 282 g/mol. The largest absolute Gasteiger partial charge is 0.348 e. The van der Waals surface area contributed by atoms with Gasteiger partial charge in [0.05, 0.1) is 0 Å². The van der Waals surface area contributed by atoms with Crippen LogP contribution < -0.4 is 16.3 Å². The number of rotatable bonds is 2. The molecule has 3 N–H and O–H groups in total. The van der Waals surface area contributed by atoms with Crippen molar-refractivity contribution in [2.45, 2.75) is 13.0 Å². The molecule has 0 bridgehead atoms. The first-order valence-electron chi connectivity index (χ1n) is 6.82. The van der Waals surface area contributed by atoms with E-state index in [4.69, 9.17) is 0 Å². The van der Waals surface area contributed by atoms with Crippen molar-refractivity contribution in [1.82, 2.24) is 24.9 Å². The van der Waals surface area contributed by atoms with Gasteiger partial charge in [-0.25, -0.2) is 19.3 Å². The second kappa shape index (κ2) is 4.71. The lowest BCUT2D eigenvalue weighted by molar-refractivity contribution is 0.645. The number of hydrogen-bond acceptors (Lipinski definition) is 5. The second-order valence-electron chi connectivity index (χ2n) is 5.03. The van der Waals surface area contributed by atoms with Crippen LogP contribution in [0.5, 0.6) is 0 Å². The van der Waals surface area contributed by atoms with Crippen LogP contribution in [0.1, 0.15) is 11.1 Å². The van der Waals surface area contributed by atoms with Gasteiger partial charge in [-0.05, 0) is 30.2 Å². The first-order chi connectivity index (χ1) is 10.3. The van der Waals surface area contributed by atoms with E-state index in [1.54, 1.807) is 6.07 Å². The zero-order chi connectivity index (χ0) is 14.2. The number of anilines is 2. The molecule has 3 heterocycles. The number of benzene rings is 1. The van der Waals surface area contributed by atoms with Gasteiger partial charge in [0.1, 0.15) is 12.1 Å². The average Bonchev–Trinajstić information content (AvgIpc) is 2.89. The molecule has 0 amide bonds. The minimum atomic E-state index is -0.285. The third-order valence-corrected chi connectivity index (χ3v) is 3.71. The normalized spacial score (nSPS) is 14.1. The monoisotopic (exact) mass is 282 g/mol. The van der Waals surface area contributed by atoms with Crippen LogP contribution in [0.3, 0.4) is 0 Å². The summed E-state index contributed by atoms with van der Waals surface area (Å²) in [5.74, 6) is 0.674. The van der Waals surface area contributed by atoms with Crippen molar-refractivity contribution in [3.63, 3.8) is 0 Å². The van der Waals surface area contributed by atoms with Gasteiger partial charge in [-0.2, -0.15) is 5.10 Å². The van der Waals surface area contributed by atoms with Crippen molar-refractivity contribution in [2.24, 2.45) is 0 Å². The van der Waals surface area contributed by atoms with Crippen molar-refractivity contribution in [3.8, 4) is 0 Å². The van der Waals surface area contributed by atoms with Crippen LogP contribution in [-0.2, 0) is 13.0 Å². The summed E-state index contributed by atoms with van der Waals surface area (Å²) in [4.78, 5) is 15.7. The number of H-pyrrole nitrogens is 1. The Morgan fingerprint density at radius 2 is 2.29 bits per heavy atom. The highest BCUT2D eigenvalue weighted by Crippen LogP contribution is 2.25. The van der Waals surface area contributed by atoms with Crippen LogP contribution in [0.4, 0.5) is 11.5 Å². The molecule has 3 aromatic rings. The molecule has 21 heavy (non-hydrogen) atoms. The quantitative estimate of drug-likeness (QED) is 0.647. The van der Waals surface area contributed by atoms with Crippen LogP contribution >= 0.6 is 0 Å². The third kappa shape index (κ3) is 2.07. The van der Waals surface area contributed by atoms with Crippen molar-refractivity contribution in [3.05, 3.63) is 52.2 Å². The minimum absolute atomic E-state index is 0.285. The summed E-state index contributed by atoms with van der Waals surface area (Å²) in [6, 6.07) is 7.97. The third-order valence-electron chi connectivity index (χ3n) is 3.71. The fourth-order valence-electron chi connectivity index (χ4n) is 2.67. The SMILES string of the molecule is O=c1[nH]nc2cc(Nc3cccc4c3CCNC4)ncn12. The van der Waals surface area contributed by atoms with Gasteiger partial charge < -0.3 is 10.6 Å². The van der Waals surface area contributed by atoms with Crippen molar-refractivity contribution < 1.29 is 0 Å². The Morgan fingerprint density at radius 1 is 1.33 bits per heavy atom. The van der Waals surface area contributed by atoms with Gasteiger partial charge in [-0.1, -0.05) is 12.1 Å². The first-order valence-corrected chi connectivity index (χ1v) is 6.82. The van der Waals surface area contributed by atoms with E-state index in [-0.39, 0.29) is 5.69 Å². The van der Waals surface area contributed by atoms with Gasteiger partial charge in [-0.15, -0.1) is 0 Å². The van der Waals surface area contributed by atoms with Gasteiger partial charge in [-0.3, -0.25) is 0 Å². The Kier molecular flexibility index (Phi) is 2.71. The maximum Gasteiger partial charge on any atom is 0.348 e. The van der Waals surface area contributed by atoms with Gasteiger partial charge in [0.25, 0.3) is 0 Å². The second-order valence-corrected chi connectivity index (χ2v) is 5.03. The van der Waals surface area contributed by atoms with Crippen LogP contribution in [0, 0.1) is 0 Å². The number of fused-ring (bicyclic) bond motifs is 2. The molecular weight excluding hydrogens is 268 g/mol. The molecule has 1 aliphatic heterocycles. The molecule has 0 spiro atoms. The predicted molar refractivity (Wildman–Crippen MR) is 78.7 cm³/mol. The fraction of sp³-hybridized carbons (Fsp3) is 0.214. The lowest BCUT2D eigenvalue weighted by atomic mass is 9.99. The van der Waals surface area contributed by atoms with E-state index in [9.17, 15) is 4.79 Å². The molecule has 0 saturated heterocycles. The smallest absolute Gasteiger partial charge is 0.340 e. The molecular formula is C14H14N6O. The lowest BCUT2D eigenvalue weighted by Gasteiger charge is -2.20. The van der Waals surface area contributed by atoms with Crippen molar-refractivity contribution in [2.75, 3.05) is 11.9 Å². The minimum Gasteiger partial charge on any atom is -0.340 e. The summed E-state index contributed by atoms with van der Waals surface area (Å²) in [6.45, 7) is 1.87. The zero-order valence-electron chi connectivity index (χ0n) is 11.3. The van der Waals surface area contributed by atoms with E-state index in [0.717, 1.165) is 25.2 Å². The highest BCUT2D eigenvalue weighted by molar-refractivity contribution is 5.64. The van der Waals surface area contributed by atoms with E-state index in [2.05, 4.69) is 31.9 Å². The number of aromatic nitrogens is 4. The lowest BCUT2D eigenvalue weighted by Crippen LogP contribution is -2.24. The molecule has 106 valence electrons. The Balaban J connectivity index is 1.72. The van der Waals surface area contributed by atoms with E-state index in [0.29, 0.717) is 11.5 Å². The van der Waals surface area contributed by atoms with Gasteiger partial charge in [0.15, 0.2) is 5.65 Å². The molecule has 4 rings (SSSR count). The summed E-state index contributed by atoms with van der Waals surface area (Å²) >= 11 is 0. The van der Waals surface area contributed by atoms with Gasteiger partial charge >= 0.3 is 5.69 Å². The highest BCUT2D eigenvalue weighted by Gasteiger charge is 2.13. The van der Waals surface area contributed by atoms with Crippen LogP contribution in [0.25, 0.3) is 5.65 Å². The van der Waals surface area contributed by atoms with Crippen molar-refractivity contribution >= 4 is 17.2 Å². The van der Waals surface area contributed by atoms with Crippen LogP contribution in [0.15, 0.2) is 35.4 Å². The summed E-state index contributed by atoms with van der Waals surface area (Å²) in [5, 5.41) is 13.0. The van der Waals surface area contributed by atoms with Crippen LogP contribution in [0.2, 0.25) is 0 Å². The maximum atomic E-state index is 11.4. The molecule has 1 aromatic carbocycles. The molecule has 2 aromatic heterocycles. The maximum absolute atomic E-state index is 11.4. The first kappa shape index (κ1) is 12.1. The number of aromatic amines is 1. The zero-order valence-corrected chi connectivity index (χ0v) is 11.3. The van der Waals surface area contributed by atoms with E-state index >= 15 is 0 Å². The molecule has 0 atom stereocenters. The van der Waals surface area contributed by atoms with Crippen molar-refractivity contribution in [1.29, 1.82) is 0 Å². The Labute approximate surface area is 120 Å². The van der Waals surface area contributed by atoms with E-state index in [1.165, 1.54) is 21.9 Å². The van der Waals surface area contributed by atoms with Gasteiger partial charge in [0.2, 0.25) is 0 Å². The number of nitrogens with one attached hydrogen (secondary N) is 3. The molecule has 7 heteroatoms. The molecule has 0 radical (unpaired) electrons. The number of hydrogen-bond donors (Lipinski definition) is 3. The molecule has 7 nitrogen and oxygen atoms in total. The van der Waals surface area contributed by atoms with E-state index in [1.807, 2.05) is 12.1 Å². The molecule has 0 unspecified atom stereocenters. The molecule has 0 saturated carbocycles. The summed E-state index contributed by atoms with van der Waals surface area (Å²) in [5.41, 5.74) is 3.94. The summed E-state index contributed by atoms with van der Waals surface area (Å²) < 4.78 is 1.37. The fourth-order valence-corrected chi connectivity index (χ4v) is 2.67. The van der Waals surface area contributed by atoms with E-state index < -0.39 is 0 Å². The molecule has 1 aliphatic rings. The topological polar surface area (TPSA) is 87.1 Å². The molecule has 0 fully saturated rings. The number of nitrogens with zero attached hydrogens (tertiary/aromatic N) is 3. The van der Waals surface area contributed by atoms with Gasteiger partial charge in [0, 0.05) is 18.3 Å². The summed E-state index contributed by atoms with van der Waals surface area (Å²) in [6.07, 6.45) is 2.46. The Morgan fingerprint density at radius 3 is 3.24 bits per heavy atom. The predicted octanol–water partition coefficient (Wildman–Crippen LogP) is 0.807. The van der Waals surface area contributed by atoms with Crippen LogP contribution in [-0.4, -0.2) is 26.1 Å². The Hall–Kier alpha value is -2.67. The summed E-state index contributed by atoms with van der Waals surface area (Å²) in [7, 11) is 0. The standard InChI is InChI=1S/C14H14N6O/c21-14-19-18-13-6-12(16-8-20(13)14)17-11-3-1-2-9-7-15-5-4-10(9)11/h1-3,6,8,15,17H,4-5,7H2,(H,19,21).